The molecule has 3 unspecified atom stereocenters. The van der Waals surface area contributed by atoms with Crippen molar-refractivity contribution in [1.82, 2.24) is 4.90 Å². The maximum atomic E-state index is 10.5. The van der Waals surface area contributed by atoms with Gasteiger partial charge in [0.15, 0.2) is 0 Å². The number of hydrogen-bond donors (Lipinski definition) is 3. The normalized spacial score (nSPS) is 16.3. The highest BCUT2D eigenvalue weighted by Gasteiger charge is 2.35. The lowest BCUT2D eigenvalue weighted by Gasteiger charge is -2.50. The summed E-state index contributed by atoms with van der Waals surface area (Å²) >= 11 is 0. The predicted octanol–water partition coefficient (Wildman–Crippen LogP) is 10.2. The second-order valence-electron chi connectivity index (χ2n) is 17.2. The highest BCUT2D eigenvalue weighted by molar-refractivity contribution is 6.60. The molecule has 3 atom stereocenters. The maximum absolute atomic E-state index is 10.5. The minimum atomic E-state index is -3.29. The van der Waals surface area contributed by atoms with Gasteiger partial charge in [0, 0.05) is 18.3 Å². The molecule has 0 bridgehead atoms. The molecule has 0 saturated carbocycles. The Balaban J connectivity index is 4.80. The quantitative estimate of drug-likeness (QED) is 0.0463. The van der Waals surface area contributed by atoms with Crippen LogP contribution in [0.1, 0.15) is 198 Å². The van der Waals surface area contributed by atoms with Gasteiger partial charge in [-0.1, -0.05) is 116 Å². The van der Waals surface area contributed by atoms with Crippen LogP contribution in [-0.4, -0.2) is 84.3 Å². The molecule has 0 aliphatic rings. The lowest BCUT2D eigenvalue weighted by atomic mass is 10.0. The minimum absolute atomic E-state index is 0.275. The Morgan fingerprint density at radius 2 is 0.750 bits per heavy atom. The summed E-state index contributed by atoms with van der Waals surface area (Å²) < 4.78 is 20.1. The van der Waals surface area contributed by atoms with Crippen molar-refractivity contribution in [3.63, 3.8) is 0 Å². The summed E-state index contributed by atoms with van der Waals surface area (Å²) in [5.41, 5.74) is -2.65. The van der Waals surface area contributed by atoms with Crippen LogP contribution >= 0.6 is 0 Å². The van der Waals surface area contributed by atoms with Crippen molar-refractivity contribution in [2.75, 3.05) is 20.1 Å². The fourth-order valence-electron chi connectivity index (χ4n) is 7.02. The van der Waals surface area contributed by atoms with Crippen molar-refractivity contribution >= 4 is 8.80 Å². The highest BCUT2D eigenvalue weighted by Crippen LogP contribution is 2.30. The molecule has 0 aromatic carbocycles. The van der Waals surface area contributed by atoms with Gasteiger partial charge in [-0.2, -0.15) is 0 Å². The molecule has 0 aliphatic heterocycles. The van der Waals surface area contributed by atoms with Crippen molar-refractivity contribution in [2.45, 2.75) is 239 Å². The van der Waals surface area contributed by atoms with Crippen molar-refractivity contribution in [2.24, 2.45) is 0 Å². The van der Waals surface area contributed by atoms with Gasteiger partial charge in [0.1, 0.15) is 0 Å². The first-order chi connectivity index (χ1) is 22.3. The van der Waals surface area contributed by atoms with E-state index < -0.39 is 25.6 Å². The molecule has 7 nitrogen and oxygen atoms in total. The fourth-order valence-corrected chi connectivity index (χ4v) is 10.2. The molecule has 0 radical (unpaired) electrons. The molecule has 3 N–H and O–H groups in total. The van der Waals surface area contributed by atoms with Crippen LogP contribution in [0.2, 0.25) is 6.04 Å². The molecule has 0 spiro atoms. The van der Waals surface area contributed by atoms with E-state index in [1.165, 1.54) is 103 Å². The van der Waals surface area contributed by atoms with Gasteiger partial charge in [0.2, 0.25) is 0 Å². The second kappa shape index (κ2) is 25.8. The van der Waals surface area contributed by atoms with E-state index in [0.717, 1.165) is 19.5 Å². The summed E-state index contributed by atoms with van der Waals surface area (Å²) in [7, 11) is -1.09. The SMILES string of the molecule is CCCCCCCCCCCCCCCCCCN(C)CCC[Si-](OC(C)CC(C)(C)O)(OC(C)CC(C)(C)O)OC(C)CC(C)(C)O. The Kier molecular flexibility index (Phi) is 25.8. The molecule has 0 heterocycles. The number of nitrogens with zero attached hydrogens (tertiary/aromatic N) is 1. The summed E-state index contributed by atoms with van der Waals surface area (Å²) in [5, 5.41) is 31.6. The lowest BCUT2D eigenvalue weighted by molar-refractivity contribution is -0.0575. The first-order valence-electron chi connectivity index (χ1n) is 20.1. The van der Waals surface area contributed by atoms with Gasteiger partial charge in [-0.25, -0.2) is 0 Å². The molecule has 8 heteroatoms. The van der Waals surface area contributed by atoms with E-state index in [2.05, 4.69) is 18.9 Å². The van der Waals surface area contributed by atoms with Crippen LogP contribution in [0.15, 0.2) is 0 Å². The molecular formula is C40H85NO6Si-. The van der Waals surface area contributed by atoms with E-state index >= 15 is 0 Å². The Morgan fingerprint density at radius 1 is 0.479 bits per heavy atom. The Morgan fingerprint density at radius 3 is 1.04 bits per heavy atom. The summed E-state index contributed by atoms with van der Waals surface area (Å²) in [5.74, 6) is 0. The van der Waals surface area contributed by atoms with Crippen molar-refractivity contribution in [3.05, 3.63) is 0 Å². The molecule has 0 amide bonds. The van der Waals surface area contributed by atoms with Crippen LogP contribution in [0.5, 0.6) is 0 Å². The summed E-state index contributed by atoms with van der Waals surface area (Å²) in [6.45, 7) is 20.9. The standard InChI is InChI=1S/C40H85NO6Si/c1-12-13-14-15-16-17-18-19-20-21-22-23-24-25-26-27-29-41(11)30-28-31-48(45-35(2)32-38(5,6)42,46-36(3)33-39(7,8)43)47-37(4)34-40(9,10)44/h35-37,42-44H,12-34H2,1-11H3/q-1. The Labute approximate surface area is 300 Å². The van der Waals surface area contributed by atoms with Crippen molar-refractivity contribution in [3.8, 4) is 0 Å². The Hall–Kier alpha value is -0.0631. The van der Waals surface area contributed by atoms with Crippen molar-refractivity contribution < 1.29 is 28.6 Å². The molecule has 0 aromatic heterocycles. The predicted molar refractivity (Wildman–Crippen MR) is 207 cm³/mol. The van der Waals surface area contributed by atoms with Gasteiger partial charge in [-0.05, 0) is 108 Å². The van der Waals surface area contributed by atoms with Crippen LogP contribution in [0.3, 0.4) is 0 Å². The van der Waals surface area contributed by atoms with Crippen LogP contribution in [0.25, 0.3) is 0 Å². The van der Waals surface area contributed by atoms with Gasteiger partial charge >= 0.3 is 0 Å². The zero-order valence-corrected chi connectivity index (χ0v) is 35.0. The summed E-state index contributed by atoms with van der Waals surface area (Å²) in [6.07, 6.45) is 23.5. The minimum Gasteiger partial charge on any atom is -0.522 e. The maximum Gasteiger partial charge on any atom is 0.281 e. The van der Waals surface area contributed by atoms with Crippen LogP contribution in [0.4, 0.5) is 0 Å². The van der Waals surface area contributed by atoms with E-state index in [0.29, 0.717) is 25.3 Å². The van der Waals surface area contributed by atoms with Gasteiger partial charge in [0.05, 0.1) is 16.8 Å². The summed E-state index contributed by atoms with van der Waals surface area (Å²) in [4.78, 5) is 2.41. The molecule has 0 saturated heterocycles. The topological polar surface area (TPSA) is 91.6 Å². The molecule has 0 aromatic rings. The fraction of sp³-hybridized carbons (Fsp3) is 1.00. The van der Waals surface area contributed by atoms with Gasteiger partial charge in [0.25, 0.3) is 8.80 Å². The third kappa shape index (κ3) is 30.7. The molecule has 0 aliphatic carbocycles. The molecule has 48 heavy (non-hydrogen) atoms. The van der Waals surface area contributed by atoms with E-state index in [9.17, 15) is 15.3 Å². The summed E-state index contributed by atoms with van der Waals surface area (Å²) in [6, 6.07) is 0.638. The average Bonchev–Trinajstić information content (AvgIpc) is 2.89. The average molecular weight is 704 g/mol. The third-order valence-corrected chi connectivity index (χ3v) is 12.2. The lowest BCUT2D eigenvalue weighted by Crippen LogP contribution is -2.53. The van der Waals surface area contributed by atoms with Gasteiger partial charge < -0.3 is 33.5 Å². The molecule has 0 fully saturated rings. The van der Waals surface area contributed by atoms with E-state index in [-0.39, 0.29) is 18.3 Å². The van der Waals surface area contributed by atoms with Gasteiger partial charge in [-0.15, -0.1) is 0 Å². The monoisotopic (exact) mass is 704 g/mol. The Bertz CT molecular complexity index is 688. The van der Waals surface area contributed by atoms with E-state index in [1.54, 1.807) is 41.5 Å². The van der Waals surface area contributed by atoms with E-state index in [4.69, 9.17) is 13.3 Å². The van der Waals surface area contributed by atoms with Crippen molar-refractivity contribution in [1.29, 1.82) is 0 Å². The number of rotatable bonds is 33. The largest absolute Gasteiger partial charge is 0.522 e. The van der Waals surface area contributed by atoms with Gasteiger partial charge in [-0.3, -0.25) is 0 Å². The number of unbranched alkanes of at least 4 members (excludes halogenated alkanes) is 15. The number of hydrogen-bond acceptors (Lipinski definition) is 7. The highest BCUT2D eigenvalue weighted by atomic mass is 28.4. The third-order valence-electron chi connectivity index (χ3n) is 8.92. The molecule has 0 rings (SSSR count). The van der Waals surface area contributed by atoms with Crippen LogP contribution in [0, 0.1) is 0 Å². The zero-order chi connectivity index (χ0) is 36.7. The second-order valence-corrected chi connectivity index (χ2v) is 19.8. The van der Waals surface area contributed by atoms with E-state index in [1.807, 2.05) is 20.8 Å². The number of aliphatic hydroxyl groups is 3. The first kappa shape index (κ1) is 47.9. The first-order valence-corrected chi connectivity index (χ1v) is 22.1. The molecular weight excluding hydrogens is 619 g/mol. The molecule has 291 valence electrons. The smallest absolute Gasteiger partial charge is 0.281 e. The van der Waals surface area contributed by atoms with Crippen LogP contribution < -0.4 is 0 Å². The van der Waals surface area contributed by atoms with Crippen LogP contribution in [-0.2, 0) is 13.3 Å². The zero-order valence-electron chi connectivity index (χ0n) is 34.0.